The van der Waals surface area contributed by atoms with Gasteiger partial charge >= 0.3 is 0 Å². The van der Waals surface area contributed by atoms with Crippen LogP contribution >= 0.6 is 0 Å². The number of H-pyrrole nitrogens is 1. The molecule has 1 heterocycles. The number of hydrogen-bond donors (Lipinski definition) is 3. The molecule has 7 nitrogen and oxygen atoms in total. The summed E-state index contributed by atoms with van der Waals surface area (Å²) >= 11 is 0. The number of fused-ring (bicyclic) bond motifs is 1. The Morgan fingerprint density at radius 2 is 2.12 bits per heavy atom. The summed E-state index contributed by atoms with van der Waals surface area (Å²) < 4.78 is 38.1. The van der Waals surface area contributed by atoms with E-state index < -0.39 is 16.7 Å². The minimum absolute atomic E-state index is 0.0593. The monoisotopic (exact) mass is 353 g/mol. The van der Waals surface area contributed by atoms with Crippen molar-refractivity contribution in [3.8, 4) is 0 Å². The van der Waals surface area contributed by atoms with Gasteiger partial charge in [0, 0.05) is 0 Å². The summed E-state index contributed by atoms with van der Waals surface area (Å²) in [5, 5.41) is 9.78. The molecular weight excluding hydrogens is 333 g/mol. The fourth-order valence-electron chi connectivity index (χ4n) is 2.82. The van der Waals surface area contributed by atoms with E-state index in [2.05, 4.69) is 37.4 Å². The van der Waals surface area contributed by atoms with E-state index in [0.29, 0.717) is 5.95 Å². The van der Waals surface area contributed by atoms with Crippen molar-refractivity contribution in [3.63, 3.8) is 0 Å². The van der Waals surface area contributed by atoms with Gasteiger partial charge in [0.2, 0.25) is 21.9 Å². The number of unbranched alkanes of at least 4 members (excludes halogenated alkanes) is 1. The van der Waals surface area contributed by atoms with Gasteiger partial charge in [-0.1, -0.05) is 24.3 Å². The molecule has 130 valence electrons. The average molecular weight is 353 g/mol. The Balaban J connectivity index is 1.60. The molecule has 0 saturated heterocycles. The summed E-state index contributed by atoms with van der Waals surface area (Å²) in [5.74, 6) is 0.262. The van der Waals surface area contributed by atoms with Gasteiger partial charge in [-0.05, 0) is 36.8 Å². The highest BCUT2D eigenvalue weighted by atomic mass is 32.2. The Hall–Kier alpha value is -2.16. The number of alkyl halides is 1. The molecule has 1 unspecified atom stereocenters. The first-order valence-corrected chi connectivity index (χ1v) is 9.56. The first-order valence-electron chi connectivity index (χ1n) is 7.90. The SMILES string of the molecule is O=S(=O)(CCCCF)Nc1nc(NC2CCc3ccccc32)n[nH]1. The molecule has 0 spiro atoms. The van der Waals surface area contributed by atoms with E-state index in [-0.39, 0.29) is 30.6 Å². The second-order valence-corrected chi connectivity index (χ2v) is 7.60. The van der Waals surface area contributed by atoms with E-state index in [1.165, 1.54) is 11.1 Å². The van der Waals surface area contributed by atoms with E-state index in [4.69, 9.17) is 0 Å². The van der Waals surface area contributed by atoms with E-state index in [1.807, 2.05) is 12.1 Å². The van der Waals surface area contributed by atoms with Crippen LogP contribution in [0.2, 0.25) is 0 Å². The van der Waals surface area contributed by atoms with Crippen LogP contribution in [0.15, 0.2) is 24.3 Å². The summed E-state index contributed by atoms with van der Waals surface area (Å²) in [5.41, 5.74) is 2.52. The predicted octanol–water partition coefficient (Wildman–Crippen LogP) is 2.40. The van der Waals surface area contributed by atoms with Gasteiger partial charge in [0.1, 0.15) is 0 Å². The van der Waals surface area contributed by atoms with E-state index in [0.717, 1.165) is 12.8 Å². The number of sulfonamides is 1. The van der Waals surface area contributed by atoms with E-state index in [9.17, 15) is 12.8 Å². The summed E-state index contributed by atoms with van der Waals surface area (Å²) in [6.45, 7) is -0.519. The molecule has 1 aliphatic rings. The number of hydrogen-bond acceptors (Lipinski definition) is 5. The molecule has 0 bridgehead atoms. The molecule has 0 aliphatic heterocycles. The molecule has 24 heavy (non-hydrogen) atoms. The molecule has 0 radical (unpaired) electrons. The topological polar surface area (TPSA) is 99.8 Å². The van der Waals surface area contributed by atoms with Crippen LogP contribution in [0.1, 0.15) is 36.4 Å². The van der Waals surface area contributed by atoms with Gasteiger partial charge < -0.3 is 5.32 Å². The predicted molar refractivity (Wildman–Crippen MR) is 90.1 cm³/mol. The Kier molecular flexibility index (Phi) is 4.98. The Labute approximate surface area is 140 Å². The number of nitrogens with one attached hydrogen (secondary N) is 3. The van der Waals surface area contributed by atoms with Gasteiger partial charge in [-0.2, -0.15) is 4.98 Å². The third-order valence-corrected chi connectivity index (χ3v) is 5.30. The first-order chi connectivity index (χ1) is 11.6. The number of rotatable bonds is 8. The second kappa shape index (κ2) is 7.16. The van der Waals surface area contributed by atoms with Crippen molar-refractivity contribution in [3.05, 3.63) is 35.4 Å². The van der Waals surface area contributed by atoms with Crippen molar-refractivity contribution in [2.75, 3.05) is 22.5 Å². The maximum atomic E-state index is 12.0. The van der Waals surface area contributed by atoms with Gasteiger partial charge in [-0.3, -0.25) is 9.11 Å². The van der Waals surface area contributed by atoms with Gasteiger partial charge in [0.25, 0.3) is 0 Å². The van der Waals surface area contributed by atoms with Crippen molar-refractivity contribution in [2.45, 2.75) is 31.7 Å². The van der Waals surface area contributed by atoms with Crippen LogP contribution in [0.4, 0.5) is 16.3 Å². The molecule has 2 aromatic rings. The third-order valence-electron chi connectivity index (χ3n) is 3.97. The molecule has 3 N–H and O–H groups in total. The quantitative estimate of drug-likeness (QED) is 0.633. The average Bonchev–Trinajstić information content (AvgIpc) is 3.15. The number of halogens is 1. The van der Waals surface area contributed by atoms with Crippen LogP contribution in [0, 0.1) is 0 Å². The second-order valence-electron chi connectivity index (χ2n) is 5.76. The van der Waals surface area contributed by atoms with Crippen LogP contribution in [0.25, 0.3) is 0 Å². The Morgan fingerprint density at radius 1 is 1.29 bits per heavy atom. The van der Waals surface area contributed by atoms with Gasteiger partial charge in [-0.25, -0.2) is 13.5 Å². The highest BCUT2D eigenvalue weighted by Crippen LogP contribution is 2.32. The largest absolute Gasteiger partial charge is 0.346 e. The smallest absolute Gasteiger partial charge is 0.244 e. The number of aromatic amines is 1. The lowest BCUT2D eigenvalue weighted by Crippen LogP contribution is -2.17. The lowest BCUT2D eigenvalue weighted by atomic mass is 10.1. The standard InChI is InChI=1S/C15H20FN5O2S/c16-9-3-4-10-24(22,23)21-15-18-14(19-20-15)17-13-8-7-11-5-1-2-6-12(11)13/h1-2,5-6,13H,3-4,7-10H2,(H3,17,18,19,20,21). The molecule has 1 aliphatic carbocycles. The van der Waals surface area contributed by atoms with Gasteiger partial charge in [0.15, 0.2) is 0 Å². The van der Waals surface area contributed by atoms with Crippen LogP contribution in [-0.4, -0.2) is 36.0 Å². The highest BCUT2D eigenvalue weighted by Gasteiger charge is 2.23. The summed E-state index contributed by atoms with van der Waals surface area (Å²) in [4.78, 5) is 4.12. The van der Waals surface area contributed by atoms with Crippen LogP contribution in [0.5, 0.6) is 0 Å². The summed E-state index contributed by atoms with van der Waals surface area (Å²) in [7, 11) is -3.55. The molecule has 9 heteroatoms. The molecule has 1 aromatic heterocycles. The van der Waals surface area contributed by atoms with Crippen molar-refractivity contribution in [1.82, 2.24) is 15.2 Å². The molecule has 0 saturated carbocycles. The Morgan fingerprint density at radius 3 is 2.96 bits per heavy atom. The molecule has 3 rings (SSSR count). The highest BCUT2D eigenvalue weighted by molar-refractivity contribution is 7.92. The molecule has 0 amide bonds. The summed E-state index contributed by atoms with van der Waals surface area (Å²) in [6.07, 6.45) is 2.43. The van der Waals surface area contributed by atoms with E-state index >= 15 is 0 Å². The summed E-state index contributed by atoms with van der Waals surface area (Å²) in [6, 6.07) is 8.30. The minimum Gasteiger partial charge on any atom is -0.346 e. The zero-order valence-corrected chi connectivity index (χ0v) is 13.9. The number of nitrogens with zero attached hydrogens (tertiary/aromatic N) is 2. The molecule has 0 fully saturated rings. The van der Waals surface area contributed by atoms with Crippen LogP contribution in [0.3, 0.4) is 0 Å². The van der Waals surface area contributed by atoms with E-state index in [1.54, 1.807) is 0 Å². The minimum atomic E-state index is -3.55. The fraction of sp³-hybridized carbons (Fsp3) is 0.467. The van der Waals surface area contributed by atoms with Crippen molar-refractivity contribution in [2.24, 2.45) is 0 Å². The molecule has 1 aromatic carbocycles. The maximum Gasteiger partial charge on any atom is 0.244 e. The van der Waals surface area contributed by atoms with Gasteiger partial charge in [0.05, 0.1) is 18.5 Å². The van der Waals surface area contributed by atoms with Crippen LogP contribution in [-0.2, 0) is 16.4 Å². The lowest BCUT2D eigenvalue weighted by Gasteiger charge is -2.11. The van der Waals surface area contributed by atoms with Crippen LogP contribution < -0.4 is 10.0 Å². The molecule has 1 atom stereocenters. The maximum absolute atomic E-state index is 12.0. The van der Waals surface area contributed by atoms with Crippen molar-refractivity contribution < 1.29 is 12.8 Å². The molecular formula is C15H20FN5O2S. The normalized spacial score (nSPS) is 16.8. The first kappa shape index (κ1) is 16.7. The van der Waals surface area contributed by atoms with Crippen molar-refractivity contribution >= 4 is 21.9 Å². The zero-order chi connectivity index (χ0) is 17.0. The number of aromatic nitrogens is 3. The Bertz CT molecular complexity index is 793. The lowest BCUT2D eigenvalue weighted by molar-refractivity contribution is 0.468. The third kappa shape index (κ3) is 4.02. The van der Waals surface area contributed by atoms with Gasteiger partial charge in [-0.15, -0.1) is 5.10 Å². The fourth-order valence-corrected chi connectivity index (χ4v) is 3.89. The number of anilines is 2. The van der Waals surface area contributed by atoms with Crippen molar-refractivity contribution in [1.29, 1.82) is 0 Å². The number of benzene rings is 1. The zero-order valence-electron chi connectivity index (χ0n) is 13.1. The number of aryl methyl sites for hydroxylation is 1.